The highest BCUT2D eigenvalue weighted by Gasteiger charge is 2.61. The van der Waals surface area contributed by atoms with Crippen LogP contribution < -0.4 is 20.1 Å². The molecule has 61 heavy (non-hydrogen) atoms. The Kier molecular flexibility index (Phi) is 12.2. The zero-order valence-corrected chi connectivity index (χ0v) is 35.1. The van der Waals surface area contributed by atoms with Crippen molar-refractivity contribution in [1.29, 1.82) is 0 Å². The largest absolute Gasteiger partial charge is 0.497 e. The summed E-state index contributed by atoms with van der Waals surface area (Å²) in [6.45, 7) is -0.0305. The lowest BCUT2D eigenvalue weighted by molar-refractivity contribution is -0.141. The van der Waals surface area contributed by atoms with Crippen molar-refractivity contribution in [2.75, 3.05) is 13.7 Å². The summed E-state index contributed by atoms with van der Waals surface area (Å²) in [5, 5.41) is 17.9. The molecule has 3 N–H and O–H groups in total. The van der Waals surface area contributed by atoms with Gasteiger partial charge in [-0.25, -0.2) is 27.3 Å². The Morgan fingerprint density at radius 1 is 1.00 bits per heavy atom. The minimum absolute atomic E-state index is 0.0185. The predicted molar refractivity (Wildman–Crippen MR) is 221 cm³/mol. The molecule has 2 aromatic heterocycles. The molecule has 4 heterocycles. The van der Waals surface area contributed by atoms with E-state index in [-0.39, 0.29) is 25.5 Å². The Balaban J connectivity index is 1.13. The molecule has 0 spiro atoms. The van der Waals surface area contributed by atoms with Crippen LogP contribution in [0.4, 0.5) is 9.18 Å². The number of rotatable bonds is 9. The standard InChI is InChI=1S/C42H47FN8O8S2/c1-58-30-18-16-26(17-19-30)35-36(38-44-20-21-60-38)48-51(47-35)29-23-34-37(52)46-42(40(54)49-61(56,57)32-14-9-11-28(43)22-32)24-27(42)10-5-3-2-4-6-15-33(39(53)50(34)25-29)45-41(55)59-31-12-7-8-13-31/h5,9-11,14,16-22,27,29,31,33-34H,2-4,6-8,12-13,15,23-25H2,1H3,(H,45,55)(H,46,52)(H,49,54)/b10-5+/t27-,29-,33-,34+,42-/m1/s1. The van der Waals surface area contributed by atoms with Crippen LogP contribution in [0.5, 0.6) is 5.75 Å². The highest BCUT2D eigenvalue weighted by Crippen LogP contribution is 2.46. The highest BCUT2D eigenvalue weighted by atomic mass is 32.2. The maximum atomic E-state index is 14.8. The van der Waals surface area contributed by atoms with Crippen LogP contribution in [0.3, 0.4) is 0 Å². The molecule has 4 amide bonds. The number of aromatic nitrogens is 4. The molecule has 4 aromatic rings. The zero-order valence-electron chi connectivity index (χ0n) is 33.5. The first-order valence-corrected chi connectivity index (χ1v) is 22.9. The van der Waals surface area contributed by atoms with Crippen molar-refractivity contribution in [2.45, 2.75) is 105 Å². The third kappa shape index (κ3) is 9.17. The fraction of sp³-hybridized carbons (Fsp3) is 0.452. The lowest BCUT2D eigenvalue weighted by Crippen LogP contribution is -2.58. The van der Waals surface area contributed by atoms with Gasteiger partial charge in [-0.2, -0.15) is 9.90 Å². The van der Waals surface area contributed by atoms with Gasteiger partial charge in [0.15, 0.2) is 0 Å². The van der Waals surface area contributed by atoms with Gasteiger partial charge in [0.2, 0.25) is 11.8 Å². The van der Waals surface area contributed by atoms with E-state index in [1.54, 1.807) is 31.5 Å². The second-order valence-electron chi connectivity index (χ2n) is 15.9. The van der Waals surface area contributed by atoms with Crippen LogP contribution in [0.25, 0.3) is 22.0 Å². The number of ether oxygens (including phenoxy) is 2. The van der Waals surface area contributed by atoms with Gasteiger partial charge in [0.1, 0.15) is 51.7 Å². The number of methoxy groups -OCH3 is 1. The monoisotopic (exact) mass is 874 g/mol. The van der Waals surface area contributed by atoms with Gasteiger partial charge in [0, 0.05) is 36.0 Å². The number of carbonyl (C=O) groups is 4. The lowest BCUT2D eigenvalue weighted by Gasteiger charge is -2.30. The molecule has 3 fully saturated rings. The Labute approximate surface area is 356 Å². The van der Waals surface area contributed by atoms with Gasteiger partial charge < -0.3 is 25.0 Å². The maximum absolute atomic E-state index is 14.8. The van der Waals surface area contributed by atoms with Crippen LogP contribution in [0.15, 0.2) is 77.2 Å². The number of hydrogen-bond donors (Lipinski definition) is 3. The van der Waals surface area contributed by atoms with E-state index < -0.39 is 74.1 Å². The van der Waals surface area contributed by atoms with E-state index in [0.717, 1.165) is 62.3 Å². The van der Waals surface area contributed by atoms with E-state index in [9.17, 15) is 32.0 Å². The summed E-state index contributed by atoms with van der Waals surface area (Å²) in [7, 11) is -2.96. The van der Waals surface area contributed by atoms with Crippen molar-refractivity contribution < 1.29 is 41.5 Å². The molecule has 2 aromatic carbocycles. The number of carbonyl (C=O) groups excluding carboxylic acids is 4. The van der Waals surface area contributed by atoms with Crippen molar-refractivity contribution in [1.82, 2.24) is 40.2 Å². The summed E-state index contributed by atoms with van der Waals surface area (Å²) >= 11 is 1.38. The molecule has 2 aliphatic carbocycles. The third-order valence-electron chi connectivity index (χ3n) is 11.8. The van der Waals surface area contributed by atoms with Crippen LogP contribution >= 0.6 is 11.3 Å². The SMILES string of the molecule is COc1ccc(-c2nn([C@@H]3C[C@H]4C(=O)N[C@]5(C(=O)NS(=O)(=O)c6cccc(F)c6)C[C@H]5/C=C/CCCCC[C@@H](NC(=O)OC5CCCC5)C(=O)N4C3)nc2-c2nccs2)cc1. The average molecular weight is 875 g/mol. The Morgan fingerprint density at radius 3 is 2.51 bits per heavy atom. The molecular weight excluding hydrogens is 828 g/mol. The summed E-state index contributed by atoms with van der Waals surface area (Å²) in [6, 6.07) is 8.69. The molecule has 19 heteroatoms. The number of thiazole rings is 1. The fourth-order valence-corrected chi connectivity index (χ4v) is 10.1. The minimum atomic E-state index is -4.53. The van der Waals surface area contributed by atoms with E-state index in [1.807, 2.05) is 23.6 Å². The van der Waals surface area contributed by atoms with Gasteiger partial charge in [-0.3, -0.25) is 14.4 Å². The Bertz CT molecular complexity index is 2400. The minimum Gasteiger partial charge on any atom is -0.497 e. The second-order valence-corrected chi connectivity index (χ2v) is 18.5. The molecule has 0 unspecified atom stereocenters. The fourth-order valence-electron chi connectivity index (χ4n) is 8.42. The lowest BCUT2D eigenvalue weighted by atomic mass is 10.0. The summed E-state index contributed by atoms with van der Waals surface area (Å²) in [5.74, 6) is -2.91. The molecule has 2 saturated carbocycles. The number of hydrogen-bond acceptors (Lipinski definition) is 12. The van der Waals surface area contributed by atoms with Crippen LogP contribution in [0.1, 0.15) is 76.7 Å². The van der Waals surface area contributed by atoms with Crippen LogP contribution in [-0.2, 0) is 29.1 Å². The molecule has 1 saturated heterocycles. The smallest absolute Gasteiger partial charge is 0.408 e. The van der Waals surface area contributed by atoms with E-state index in [0.29, 0.717) is 41.4 Å². The summed E-state index contributed by atoms with van der Waals surface area (Å²) in [4.78, 5) is 63.7. The van der Waals surface area contributed by atoms with Crippen molar-refractivity contribution in [3.05, 3.63) is 78.1 Å². The molecule has 2 aliphatic heterocycles. The summed E-state index contributed by atoms with van der Waals surface area (Å²) in [5.41, 5.74) is 0.0674. The number of sulfonamides is 1. The normalized spacial score (nSPS) is 25.3. The molecule has 0 radical (unpaired) electrons. The van der Waals surface area contributed by atoms with E-state index >= 15 is 0 Å². The molecule has 322 valence electrons. The second kappa shape index (κ2) is 17.7. The number of allylic oxidation sites excluding steroid dienone is 1. The number of alkyl carbamates (subject to hydrolysis) is 1. The summed E-state index contributed by atoms with van der Waals surface area (Å²) in [6.07, 6.45) is 10.9. The van der Waals surface area contributed by atoms with Gasteiger partial charge in [-0.05, 0) is 93.8 Å². The van der Waals surface area contributed by atoms with Crippen LogP contribution in [0.2, 0.25) is 0 Å². The Morgan fingerprint density at radius 2 is 1.77 bits per heavy atom. The van der Waals surface area contributed by atoms with Crippen LogP contribution in [-0.4, -0.2) is 94.5 Å². The predicted octanol–water partition coefficient (Wildman–Crippen LogP) is 5.30. The molecular formula is C42H47FN8O8S2. The number of fused-ring (bicyclic) bond motifs is 2. The van der Waals surface area contributed by atoms with Gasteiger partial charge >= 0.3 is 6.09 Å². The highest BCUT2D eigenvalue weighted by molar-refractivity contribution is 7.90. The molecule has 4 aliphatic rings. The Hall–Kier alpha value is -5.69. The number of benzene rings is 2. The first-order valence-electron chi connectivity index (χ1n) is 20.5. The third-order valence-corrected chi connectivity index (χ3v) is 13.9. The van der Waals surface area contributed by atoms with Crippen LogP contribution in [0, 0.1) is 11.7 Å². The van der Waals surface area contributed by atoms with Crippen molar-refractivity contribution in [2.24, 2.45) is 5.92 Å². The van der Waals surface area contributed by atoms with E-state index in [4.69, 9.17) is 19.7 Å². The van der Waals surface area contributed by atoms with Gasteiger partial charge in [0.05, 0.1) is 18.0 Å². The quantitative estimate of drug-likeness (QED) is 0.184. The number of nitrogens with one attached hydrogen (secondary N) is 3. The molecule has 16 nitrogen and oxygen atoms in total. The van der Waals surface area contributed by atoms with E-state index in [1.165, 1.54) is 27.1 Å². The van der Waals surface area contributed by atoms with Crippen molar-refractivity contribution >= 4 is 45.2 Å². The maximum Gasteiger partial charge on any atom is 0.408 e. The molecule has 8 rings (SSSR count). The average Bonchev–Trinajstić information content (AvgIpc) is 3.90. The topological polar surface area (TPSA) is 204 Å². The first kappa shape index (κ1) is 42.0. The number of halogens is 1. The number of nitrogens with zero attached hydrogens (tertiary/aromatic N) is 5. The zero-order chi connectivity index (χ0) is 42.7. The summed E-state index contributed by atoms with van der Waals surface area (Å²) < 4.78 is 53.8. The van der Waals surface area contributed by atoms with Gasteiger partial charge in [0.25, 0.3) is 15.9 Å². The molecule has 5 atom stereocenters. The van der Waals surface area contributed by atoms with Gasteiger partial charge in [-0.1, -0.05) is 31.1 Å². The van der Waals surface area contributed by atoms with Crippen molar-refractivity contribution in [3.8, 4) is 27.7 Å². The van der Waals surface area contributed by atoms with E-state index in [2.05, 4.69) is 20.3 Å². The molecule has 0 bridgehead atoms. The van der Waals surface area contributed by atoms with Gasteiger partial charge in [-0.15, -0.1) is 16.4 Å². The number of amides is 4. The van der Waals surface area contributed by atoms with Crippen molar-refractivity contribution in [3.63, 3.8) is 0 Å². The first-order chi connectivity index (χ1) is 29.4.